The fraction of sp³-hybridized carbons (Fsp3) is 0.393. The minimum atomic E-state index is -0.619. The first-order valence-electron chi connectivity index (χ1n) is 12.9. The third-order valence-electron chi connectivity index (χ3n) is 7.40. The SMILES string of the molecule is CC1CN(c2cc(F)c(-c3cnc(N4CCOCC4)nc3)cc2NC(=O)c2cc(F)cc(Cl)c2)CC(C)N1C. The number of morpholine rings is 1. The second-order valence-corrected chi connectivity index (χ2v) is 10.5. The van der Waals surface area contributed by atoms with E-state index in [1.54, 1.807) is 18.5 Å². The molecule has 206 valence electrons. The van der Waals surface area contributed by atoms with Crippen molar-refractivity contribution in [1.82, 2.24) is 14.9 Å². The van der Waals surface area contributed by atoms with Gasteiger partial charge in [0.1, 0.15) is 11.6 Å². The predicted octanol–water partition coefficient (Wildman–Crippen LogP) is 4.69. The number of ether oxygens (including phenoxy) is 1. The number of likely N-dealkylation sites (N-methyl/N-ethyl adjacent to an activating group) is 1. The number of halogens is 3. The van der Waals surface area contributed by atoms with Gasteiger partial charge in [0.25, 0.3) is 5.91 Å². The summed E-state index contributed by atoms with van der Waals surface area (Å²) in [6.45, 7) is 8.07. The number of nitrogens with one attached hydrogen (secondary N) is 1. The number of aromatic nitrogens is 2. The molecule has 2 unspecified atom stereocenters. The lowest BCUT2D eigenvalue weighted by Gasteiger charge is -2.44. The maximum Gasteiger partial charge on any atom is 0.255 e. The number of carbonyl (C=O) groups is 1. The predicted molar refractivity (Wildman–Crippen MR) is 149 cm³/mol. The zero-order valence-corrected chi connectivity index (χ0v) is 22.9. The van der Waals surface area contributed by atoms with Gasteiger partial charge in [-0.05, 0) is 51.2 Å². The summed E-state index contributed by atoms with van der Waals surface area (Å²) in [5.74, 6) is -1.08. The van der Waals surface area contributed by atoms with Gasteiger partial charge in [-0.15, -0.1) is 0 Å². The topological polar surface area (TPSA) is 73.8 Å². The van der Waals surface area contributed by atoms with E-state index in [0.29, 0.717) is 62.3 Å². The maximum atomic E-state index is 15.7. The first kappa shape index (κ1) is 27.2. The Morgan fingerprint density at radius 1 is 1.00 bits per heavy atom. The average molecular weight is 557 g/mol. The minimum Gasteiger partial charge on any atom is -0.378 e. The Bertz CT molecular complexity index is 1320. The van der Waals surface area contributed by atoms with Gasteiger partial charge < -0.3 is 19.9 Å². The molecule has 2 aliphatic rings. The van der Waals surface area contributed by atoms with Crippen LogP contribution in [-0.2, 0) is 4.74 Å². The van der Waals surface area contributed by atoms with Gasteiger partial charge in [-0.25, -0.2) is 18.7 Å². The zero-order valence-electron chi connectivity index (χ0n) is 22.1. The quantitative estimate of drug-likeness (QED) is 0.488. The van der Waals surface area contributed by atoms with Gasteiger partial charge in [0.2, 0.25) is 5.95 Å². The van der Waals surface area contributed by atoms with E-state index in [0.717, 1.165) is 12.1 Å². The van der Waals surface area contributed by atoms with Crippen LogP contribution in [0.1, 0.15) is 24.2 Å². The van der Waals surface area contributed by atoms with E-state index >= 15 is 4.39 Å². The monoisotopic (exact) mass is 556 g/mol. The van der Waals surface area contributed by atoms with Gasteiger partial charge >= 0.3 is 0 Å². The van der Waals surface area contributed by atoms with Crippen molar-refractivity contribution in [3.05, 3.63) is 64.9 Å². The number of rotatable bonds is 5. The minimum absolute atomic E-state index is 0.0649. The molecule has 3 aromatic rings. The van der Waals surface area contributed by atoms with Gasteiger partial charge in [-0.1, -0.05) is 11.6 Å². The Labute approximate surface area is 231 Å². The third-order valence-corrected chi connectivity index (χ3v) is 7.62. The molecule has 0 radical (unpaired) electrons. The smallest absolute Gasteiger partial charge is 0.255 e. The van der Waals surface area contributed by atoms with Crippen LogP contribution in [0.4, 0.5) is 26.1 Å². The van der Waals surface area contributed by atoms with Crippen molar-refractivity contribution in [3.63, 3.8) is 0 Å². The molecule has 1 aromatic heterocycles. The molecule has 1 N–H and O–H groups in total. The van der Waals surface area contributed by atoms with Crippen molar-refractivity contribution < 1.29 is 18.3 Å². The lowest BCUT2D eigenvalue weighted by molar-refractivity contribution is 0.102. The van der Waals surface area contributed by atoms with E-state index in [1.807, 2.05) is 4.90 Å². The van der Waals surface area contributed by atoms with Gasteiger partial charge in [0.05, 0.1) is 24.6 Å². The molecule has 5 rings (SSSR count). The van der Waals surface area contributed by atoms with E-state index in [-0.39, 0.29) is 28.2 Å². The number of hydrogen-bond acceptors (Lipinski definition) is 7. The molecule has 2 aromatic carbocycles. The van der Waals surface area contributed by atoms with Gasteiger partial charge in [-0.3, -0.25) is 9.69 Å². The summed E-state index contributed by atoms with van der Waals surface area (Å²) >= 11 is 5.98. The molecule has 11 heteroatoms. The van der Waals surface area contributed by atoms with Gasteiger partial charge in [0.15, 0.2) is 0 Å². The normalized spacial score (nSPS) is 20.3. The van der Waals surface area contributed by atoms with Crippen LogP contribution in [0.25, 0.3) is 11.1 Å². The molecule has 0 spiro atoms. The molecule has 1 amide bonds. The van der Waals surface area contributed by atoms with Crippen molar-refractivity contribution >= 4 is 34.8 Å². The summed E-state index contributed by atoms with van der Waals surface area (Å²) in [6, 6.07) is 7.08. The largest absolute Gasteiger partial charge is 0.378 e. The number of amides is 1. The van der Waals surface area contributed by atoms with E-state index < -0.39 is 17.5 Å². The number of nitrogens with zero attached hydrogens (tertiary/aromatic N) is 5. The lowest BCUT2D eigenvalue weighted by atomic mass is 10.0. The van der Waals surface area contributed by atoms with E-state index in [4.69, 9.17) is 16.3 Å². The molecule has 39 heavy (non-hydrogen) atoms. The first-order valence-corrected chi connectivity index (χ1v) is 13.3. The Balaban J connectivity index is 1.51. The van der Waals surface area contributed by atoms with Gasteiger partial charge in [0, 0.05) is 72.4 Å². The van der Waals surface area contributed by atoms with Crippen molar-refractivity contribution in [3.8, 4) is 11.1 Å². The van der Waals surface area contributed by atoms with Crippen molar-refractivity contribution in [2.75, 3.05) is 61.6 Å². The second kappa shape index (κ2) is 11.4. The number of hydrogen-bond donors (Lipinski definition) is 1. The Morgan fingerprint density at radius 2 is 1.67 bits per heavy atom. The van der Waals surface area contributed by atoms with Crippen LogP contribution in [0.3, 0.4) is 0 Å². The lowest BCUT2D eigenvalue weighted by Crippen LogP contribution is -2.55. The molecule has 0 saturated carbocycles. The molecule has 0 bridgehead atoms. The molecule has 3 heterocycles. The van der Waals surface area contributed by atoms with Crippen LogP contribution in [0.5, 0.6) is 0 Å². The van der Waals surface area contributed by atoms with E-state index in [1.165, 1.54) is 12.1 Å². The van der Waals surface area contributed by atoms with E-state index in [9.17, 15) is 9.18 Å². The molecule has 0 aliphatic carbocycles. The first-order chi connectivity index (χ1) is 18.7. The van der Waals surface area contributed by atoms with Gasteiger partial charge in [-0.2, -0.15) is 0 Å². The van der Waals surface area contributed by atoms with Crippen molar-refractivity contribution in [1.29, 1.82) is 0 Å². The number of anilines is 3. The van der Waals surface area contributed by atoms with Crippen molar-refractivity contribution in [2.45, 2.75) is 25.9 Å². The summed E-state index contributed by atoms with van der Waals surface area (Å²) in [4.78, 5) is 28.4. The molecular weight excluding hydrogens is 526 g/mol. The molecule has 2 saturated heterocycles. The second-order valence-electron chi connectivity index (χ2n) is 10.1. The van der Waals surface area contributed by atoms with E-state index in [2.05, 4.69) is 46.0 Å². The highest BCUT2D eigenvalue weighted by atomic mass is 35.5. The average Bonchev–Trinajstić information content (AvgIpc) is 2.92. The van der Waals surface area contributed by atoms with Crippen LogP contribution in [0.2, 0.25) is 5.02 Å². The van der Waals surface area contributed by atoms with Crippen LogP contribution in [-0.4, -0.2) is 79.3 Å². The zero-order chi connectivity index (χ0) is 27.7. The molecule has 2 atom stereocenters. The molecule has 2 aliphatic heterocycles. The number of benzene rings is 2. The molecular formula is C28H31ClF2N6O2. The van der Waals surface area contributed by atoms with Crippen LogP contribution in [0, 0.1) is 11.6 Å². The molecule has 8 nitrogen and oxygen atoms in total. The highest BCUT2D eigenvalue weighted by Gasteiger charge is 2.29. The Morgan fingerprint density at radius 3 is 2.31 bits per heavy atom. The van der Waals surface area contributed by atoms with Crippen LogP contribution in [0.15, 0.2) is 42.7 Å². The summed E-state index contributed by atoms with van der Waals surface area (Å²) in [5, 5.41) is 2.98. The number of carbonyl (C=O) groups excluding carboxylic acids is 1. The Kier molecular flexibility index (Phi) is 7.97. The van der Waals surface area contributed by atoms with Crippen molar-refractivity contribution in [2.24, 2.45) is 0 Å². The third kappa shape index (κ3) is 5.98. The summed E-state index contributed by atoms with van der Waals surface area (Å²) in [7, 11) is 2.06. The Hall–Kier alpha value is -3.34. The molecule has 2 fully saturated rings. The number of piperazine rings is 1. The highest BCUT2D eigenvalue weighted by molar-refractivity contribution is 6.31. The fourth-order valence-corrected chi connectivity index (χ4v) is 5.24. The highest BCUT2D eigenvalue weighted by Crippen LogP contribution is 2.36. The summed E-state index contributed by atoms with van der Waals surface area (Å²) in [5.41, 5.74) is 1.73. The maximum absolute atomic E-state index is 15.7. The fourth-order valence-electron chi connectivity index (χ4n) is 5.01. The van der Waals surface area contributed by atoms with Crippen LogP contribution >= 0.6 is 11.6 Å². The standard InChI is InChI=1S/C28H31ClF2N6O2/c1-17-15-37(16-18(2)35(17)3)26-12-24(31)23(20-13-32-28(33-14-20)36-4-6-39-7-5-36)11-25(26)34-27(38)19-8-21(29)10-22(30)9-19/h8-14,17-18H,4-7,15-16H2,1-3H3,(H,34,38). The van der Waals surface area contributed by atoms with Crippen LogP contribution < -0.4 is 15.1 Å². The summed E-state index contributed by atoms with van der Waals surface area (Å²) < 4.78 is 35.0. The summed E-state index contributed by atoms with van der Waals surface area (Å²) in [6.07, 6.45) is 3.15.